The molecule has 0 amide bonds. The van der Waals surface area contributed by atoms with E-state index in [1.54, 1.807) is 18.3 Å². The maximum absolute atomic E-state index is 8.59. The molecule has 0 saturated heterocycles. The third-order valence-corrected chi connectivity index (χ3v) is 13.8. The Bertz CT molecular complexity index is 3440. The van der Waals surface area contributed by atoms with Gasteiger partial charge in [0.05, 0.1) is 36.2 Å². The molecule has 0 fully saturated rings. The van der Waals surface area contributed by atoms with Crippen molar-refractivity contribution in [2.45, 2.75) is 72.9 Å². The molecule has 0 aliphatic rings. The van der Waals surface area contributed by atoms with E-state index >= 15 is 0 Å². The summed E-state index contributed by atoms with van der Waals surface area (Å²) in [5.41, 5.74) is 13.5. The van der Waals surface area contributed by atoms with Crippen LogP contribution < -0.4 is 5.19 Å². The molecule has 66 heavy (non-hydrogen) atoms. The van der Waals surface area contributed by atoms with Crippen LogP contribution in [0.3, 0.4) is 0 Å². The topological polar surface area (TPSA) is 43.9 Å². The van der Waals surface area contributed by atoms with Crippen molar-refractivity contribution in [1.29, 1.82) is 0 Å². The maximum Gasteiger partial charge on any atom is 0.120 e. The molecule has 7 aromatic carbocycles. The number of para-hydroxylation sites is 3. The van der Waals surface area contributed by atoms with E-state index < -0.39 is 21.3 Å². The van der Waals surface area contributed by atoms with Crippen LogP contribution in [0.15, 0.2) is 168 Å². The van der Waals surface area contributed by atoms with Gasteiger partial charge in [-0.2, -0.15) is 0 Å². The van der Waals surface area contributed by atoms with Crippen molar-refractivity contribution in [2.75, 3.05) is 0 Å². The van der Waals surface area contributed by atoms with Crippen molar-refractivity contribution >= 4 is 46.2 Å². The van der Waals surface area contributed by atoms with Gasteiger partial charge in [0, 0.05) is 49.7 Å². The Kier molecular flexibility index (Phi) is 11.5. The van der Waals surface area contributed by atoms with Crippen molar-refractivity contribution in [1.82, 2.24) is 14.5 Å². The van der Waals surface area contributed by atoms with Gasteiger partial charge >= 0.3 is 0 Å². The number of benzene rings is 7. The number of imidazole rings is 1. The minimum atomic E-state index is -2.16. The quantitative estimate of drug-likeness (QED) is 0.113. The molecule has 0 saturated carbocycles. The van der Waals surface area contributed by atoms with Crippen LogP contribution >= 0.6 is 0 Å². The van der Waals surface area contributed by atoms with E-state index in [1.165, 1.54) is 11.6 Å². The Morgan fingerprint density at radius 1 is 0.758 bits per heavy atom. The molecule has 333 valence electrons. The van der Waals surface area contributed by atoms with Crippen molar-refractivity contribution in [3.63, 3.8) is 0 Å². The SMILES string of the molecule is CC(C)(C)c1cc(-c2ccccc2)c(-n2c(-c3[c-]ccc4c3oc3ccccc34)nc3ccccc32)c(-c2ccccc2)c1.[2H]C([2H])([2H])c1c[c-]c(-c2cc(C([2H])([2H])C(C)C)c([Si](C)(C)C)cn2)cc1.[Ir]. The van der Waals surface area contributed by atoms with Gasteiger partial charge in [0.2, 0.25) is 0 Å². The number of pyridine rings is 1. The van der Waals surface area contributed by atoms with Crippen LogP contribution in [0.25, 0.3) is 83.6 Å². The van der Waals surface area contributed by atoms with Crippen LogP contribution in [0.2, 0.25) is 19.6 Å². The van der Waals surface area contributed by atoms with Crippen molar-refractivity contribution in [2.24, 2.45) is 5.92 Å². The van der Waals surface area contributed by atoms with Crippen molar-refractivity contribution in [3.8, 4) is 50.6 Å². The average Bonchev–Trinajstić information content (AvgIpc) is 3.92. The fourth-order valence-corrected chi connectivity index (χ4v) is 9.88. The van der Waals surface area contributed by atoms with Gasteiger partial charge in [-0.1, -0.05) is 175 Å². The van der Waals surface area contributed by atoms with Crippen LogP contribution in [0.1, 0.15) is 58.2 Å². The molecule has 0 spiro atoms. The third-order valence-electron chi connectivity index (χ3n) is 11.7. The summed E-state index contributed by atoms with van der Waals surface area (Å²) in [7, 11) is -1.78. The summed E-state index contributed by atoms with van der Waals surface area (Å²) in [4.78, 5) is 9.83. The molecule has 0 aliphatic carbocycles. The Hall–Kier alpha value is -6.17. The standard InChI is InChI=1S/C41H31N2O.C19H26NSi.Ir/c1-41(2,3)29-25-33(27-15-6-4-7-16-27)38(34(26-29)28-17-8-5-9-18-28)43-36-23-12-11-22-35(36)42-40(43)32-21-14-20-31-30-19-10-13-24-37(30)44-39(31)32;1-14(2)11-17-12-18(16-9-7-15(3)8-10-16)20-13-19(17)21(4,5)6;/h4-20,22-26H,1-3H3;7-9,12-14H,11H2,1-6H3;/q2*-1;/i;3D3,11D2;. The first-order valence-corrected chi connectivity index (χ1v) is 25.8. The third kappa shape index (κ3) is 9.42. The monoisotopic (exact) mass is 1060 g/mol. The Morgan fingerprint density at radius 2 is 1.41 bits per heavy atom. The molecule has 0 atom stereocenters. The number of furan rings is 1. The normalized spacial score (nSPS) is 13.3. The molecule has 0 aliphatic heterocycles. The molecule has 0 bridgehead atoms. The van der Waals surface area contributed by atoms with Crippen LogP contribution in [0.4, 0.5) is 0 Å². The molecule has 0 unspecified atom stereocenters. The molecule has 6 heteroatoms. The second-order valence-electron chi connectivity index (χ2n) is 19.0. The van der Waals surface area contributed by atoms with E-state index in [0.717, 1.165) is 77.5 Å². The van der Waals surface area contributed by atoms with Crippen LogP contribution in [-0.2, 0) is 31.9 Å². The summed E-state index contributed by atoms with van der Waals surface area (Å²) in [6, 6.07) is 59.8. The summed E-state index contributed by atoms with van der Waals surface area (Å²) in [5, 5.41) is 3.16. The number of rotatable bonds is 8. The van der Waals surface area contributed by atoms with E-state index in [4.69, 9.17) is 16.3 Å². The van der Waals surface area contributed by atoms with Gasteiger partial charge in [0.1, 0.15) is 5.58 Å². The number of hydrogen-bond donors (Lipinski definition) is 0. The molecule has 4 nitrogen and oxygen atoms in total. The number of aromatic nitrogens is 3. The molecule has 10 rings (SSSR count). The van der Waals surface area contributed by atoms with Gasteiger partial charge < -0.3 is 14.0 Å². The first kappa shape index (κ1) is 40.1. The van der Waals surface area contributed by atoms with Crippen molar-refractivity contribution in [3.05, 3.63) is 193 Å². The number of hydrogen-bond acceptors (Lipinski definition) is 3. The van der Waals surface area contributed by atoms with Crippen LogP contribution in [0, 0.1) is 24.9 Å². The minimum Gasteiger partial charge on any atom is -0.501 e. The smallest absolute Gasteiger partial charge is 0.120 e. The Labute approximate surface area is 412 Å². The molecule has 1 radical (unpaired) electrons. The molecule has 3 aromatic heterocycles. The molecular weight excluding hydrogens is 999 g/mol. The van der Waals surface area contributed by atoms with Gasteiger partial charge in [-0.15, -0.1) is 53.6 Å². The largest absolute Gasteiger partial charge is 0.501 e. The van der Waals surface area contributed by atoms with Crippen LogP contribution in [0.5, 0.6) is 0 Å². The van der Waals surface area contributed by atoms with Crippen LogP contribution in [-0.4, -0.2) is 22.6 Å². The summed E-state index contributed by atoms with van der Waals surface area (Å²) in [6.07, 6.45) is 0.328. The molecular formula is C60H57IrN3OSi-2. The first-order valence-electron chi connectivity index (χ1n) is 24.8. The average molecular weight is 1060 g/mol. The Balaban J connectivity index is 0.000000216. The Morgan fingerprint density at radius 3 is 2.03 bits per heavy atom. The molecule has 10 aromatic rings. The predicted molar refractivity (Wildman–Crippen MR) is 277 cm³/mol. The number of nitrogens with zero attached hydrogens (tertiary/aromatic N) is 3. The van der Waals surface area contributed by atoms with Crippen molar-refractivity contribution < 1.29 is 31.4 Å². The zero-order chi connectivity index (χ0) is 49.8. The molecule has 3 heterocycles. The second kappa shape index (κ2) is 19.0. The van der Waals surface area contributed by atoms with E-state index in [0.29, 0.717) is 16.8 Å². The first-order chi connectivity index (χ1) is 33.2. The zero-order valence-electron chi connectivity index (χ0n) is 43.7. The summed E-state index contributed by atoms with van der Waals surface area (Å²) in [6.45, 7) is 15.0. The van der Waals surface area contributed by atoms with E-state index in [2.05, 4.69) is 171 Å². The number of fused-ring (bicyclic) bond motifs is 4. The number of aryl methyl sites for hydroxylation is 1. The van der Waals surface area contributed by atoms with Gasteiger partial charge in [0.25, 0.3) is 0 Å². The van der Waals surface area contributed by atoms with E-state index in [1.807, 2.05) is 44.2 Å². The fraction of sp³-hybridized carbons (Fsp3) is 0.200. The molecule has 0 N–H and O–H groups in total. The predicted octanol–water partition coefficient (Wildman–Crippen LogP) is 15.6. The summed E-state index contributed by atoms with van der Waals surface area (Å²) in [5.74, 6) is 0.628. The van der Waals surface area contributed by atoms with E-state index in [-0.39, 0.29) is 37.0 Å². The second-order valence-corrected chi connectivity index (χ2v) is 24.0. The summed E-state index contributed by atoms with van der Waals surface area (Å²) < 4.78 is 48.4. The summed E-state index contributed by atoms with van der Waals surface area (Å²) >= 11 is 0. The van der Waals surface area contributed by atoms with E-state index in [9.17, 15) is 0 Å². The zero-order valence-corrected chi connectivity index (χ0v) is 42.1. The maximum atomic E-state index is 8.59. The fourth-order valence-electron chi connectivity index (χ4n) is 8.48. The van der Waals surface area contributed by atoms with Gasteiger partial charge in [-0.25, -0.2) is 0 Å². The minimum absolute atomic E-state index is 0. The van der Waals surface area contributed by atoms with Gasteiger partial charge in [0.15, 0.2) is 0 Å². The van der Waals surface area contributed by atoms with Gasteiger partial charge in [-0.05, 0) is 75.6 Å². The van der Waals surface area contributed by atoms with Gasteiger partial charge in [-0.3, -0.25) is 4.98 Å².